The summed E-state index contributed by atoms with van der Waals surface area (Å²) in [5, 5.41) is 2.84. The Morgan fingerprint density at radius 3 is 2.70 bits per heavy atom. The van der Waals surface area contributed by atoms with E-state index in [1.54, 1.807) is 48.7 Å². The molecule has 4 rings (SSSR count). The highest BCUT2D eigenvalue weighted by Gasteiger charge is 2.21. The van der Waals surface area contributed by atoms with Crippen LogP contribution in [0.2, 0.25) is 0 Å². The fourth-order valence-electron chi connectivity index (χ4n) is 3.55. The third kappa shape index (κ3) is 5.77. The molecule has 0 saturated carbocycles. The van der Waals surface area contributed by atoms with Gasteiger partial charge < -0.3 is 19.7 Å². The van der Waals surface area contributed by atoms with Crippen molar-refractivity contribution in [3.63, 3.8) is 0 Å². The minimum absolute atomic E-state index is 0.154. The molecule has 1 aliphatic rings. The molecular weight excluding hydrogens is 418 g/mol. The lowest BCUT2D eigenvalue weighted by molar-refractivity contribution is -0.117. The van der Waals surface area contributed by atoms with Crippen LogP contribution in [0.15, 0.2) is 73.1 Å². The van der Waals surface area contributed by atoms with E-state index < -0.39 is 0 Å². The Hall–Kier alpha value is -4.13. The number of aromatic nitrogens is 1. The smallest absolute Gasteiger partial charge is 0.248 e. The van der Waals surface area contributed by atoms with Crippen molar-refractivity contribution in [1.29, 1.82) is 0 Å². The van der Waals surface area contributed by atoms with Crippen LogP contribution in [0.25, 0.3) is 6.08 Å². The summed E-state index contributed by atoms with van der Waals surface area (Å²) in [4.78, 5) is 30.2. The average molecular weight is 444 g/mol. The second-order valence-electron chi connectivity index (χ2n) is 7.58. The van der Waals surface area contributed by atoms with Crippen LogP contribution in [0.1, 0.15) is 24.0 Å². The van der Waals surface area contributed by atoms with Crippen LogP contribution >= 0.6 is 0 Å². The van der Waals surface area contributed by atoms with Crippen molar-refractivity contribution < 1.29 is 19.1 Å². The molecule has 2 aromatic carbocycles. The summed E-state index contributed by atoms with van der Waals surface area (Å²) in [5.74, 6) is 0.984. The van der Waals surface area contributed by atoms with Crippen LogP contribution < -0.4 is 19.7 Å². The molecule has 3 aromatic rings. The van der Waals surface area contributed by atoms with Gasteiger partial charge in [0.2, 0.25) is 11.8 Å². The quantitative estimate of drug-likeness (QED) is 0.521. The van der Waals surface area contributed by atoms with E-state index in [1.165, 1.54) is 6.08 Å². The van der Waals surface area contributed by atoms with E-state index >= 15 is 0 Å². The Bertz CT molecular complexity index is 1140. The zero-order valence-electron chi connectivity index (χ0n) is 18.4. The third-order valence-electron chi connectivity index (χ3n) is 5.25. The van der Waals surface area contributed by atoms with Gasteiger partial charge in [-0.25, -0.2) is 0 Å². The SMILES string of the molecule is COc1ccc(NC(=O)C=Cc2ccc(N3CCCC3=O)cc2)cc1OCc1cccnc1. The van der Waals surface area contributed by atoms with Gasteiger partial charge in [-0.3, -0.25) is 14.6 Å². The molecule has 7 heteroatoms. The van der Waals surface area contributed by atoms with Gasteiger partial charge >= 0.3 is 0 Å². The number of benzene rings is 2. The summed E-state index contributed by atoms with van der Waals surface area (Å²) >= 11 is 0. The number of amides is 2. The van der Waals surface area contributed by atoms with Crippen LogP contribution in [-0.4, -0.2) is 30.5 Å². The highest BCUT2D eigenvalue weighted by atomic mass is 16.5. The average Bonchev–Trinajstić information content (AvgIpc) is 3.28. The highest BCUT2D eigenvalue weighted by molar-refractivity contribution is 6.02. The summed E-state index contributed by atoms with van der Waals surface area (Å²) in [6.07, 6.45) is 8.13. The fourth-order valence-corrected chi connectivity index (χ4v) is 3.55. The van der Waals surface area contributed by atoms with Crippen molar-refractivity contribution >= 4 is 29.3 Å². The third-order valence-corrected chi connectivity index (χ3v) is 5.25. The van der Waals surface area contributed by atoms with Crippen LogP contribution in [0.5, 0.6) is 11.5 Å². The lowest BCUT2D eigenvalue weighted by atomic mass is 10.2. The number of methoxy groups -OCH3 is 1. The lowest BCUT2D eigenvalue weighted by Crippen LogP contribution is -2.23. The first-order chi connectivity index (χ1) is 16.1. The van der Waals surface area contributed by atoms with E-state index in [-0.39, 0.29) is 11.8 Å². The summed E-state index contributed by atoms with van der Waals surface area (Å²) in [7, 11) is 1.57. The zero-order chi connectivity index (χ0) is 23.0. The Kier molecular flexibility index (Phi) is 6.99. The first-order valence-electron chi connectivity index (χ1n) is 10.7. The molecule has 1 N–H and O–H groups in total. The van der Waals surface area contributed by atoms with Crippen molar-refractivity contribution in [3.8, 4) is 11.5 Å². The van der Waals surface area contributed by atoms with Crippen LogP contribution in [0, 0.1) is 0 Å². The lowest BCUT2D eigenvalue weighted by Gasteiger charge is -2.15. The zero-order valence-corrected chi connectivity index (χ0v) is 18.4. The predicted octanol–water partition coefficient (Wildman–Crippen LogP) is 4.45. The van der Waals surface area contributed by atoms with E-state index in [0.717, 1.165) is 29.8 Å². The maximum atomic E-state index is 12.4. The molecular formula is C26H25N3O4. The van der Waals surface area contributed by atoms with Crippen molar-refractivity contribution in [2.75, 3.05) is 23.9 Å². The van der Waals surface area contributed by atoms with E-state index in [2.05, 4.69) is 10.3 Å². The van der Waals surface area contributed by atoms with Crippen molar-refractivity contribution in [1.82, 2.24) is 4.98 Å². The Morgan fingerprint density at radius 2 is 2.00 bits per heavy atom. The number of carbonyl (C=O) groups is 2. The maximum absolute atomic E-state index is 12.4. The molecule has 1 aromatic heterocycles. The molecule has 0 bridgehead atoms. The second-order valence-corrected chi connectivity index (χ2v) is 7.58. The number of nitrogens with one attached hydrogen (secondary N) is 1. The van der Waals surface area contributed by atoms with Crippen molar-refractivity contribution in [2.45, 2.75) is 19.4 Å². The van der Waals surface area contributed by atoms with Crippen molar-refractivity contribution in [3.05, 3.63) is 84.2 Å². The normalized spacial score (nSPS) is 13.4. The van der Waals surface area contributed by atoms with Gasteiger partial charge in [0.15, 0.2) is 11.5 Å². The van der Waals surface area contributed by atoms with Gasteiger partial charge in [-0.05, 0) is 48.4 Å². The monoisotopic (exact) mass is 443 g/mol. The predicted molar refractivity (Wildman–Crippen MR) is 127 cm³/mol. The van der Waals surface area contributed by atoms with Gasteiger partial charge in [0.05, 0.1) is 7.11 Å². The number of carbonyl (C=O) groups excluding carboxylic acids is 2. The fraction of sp³-hybridized carbons (Fsp3) is 0.192. The van der Waals surface area contributed by atoms with Gasteiger partial charge in [0, 0.05) is 54.4 Å². The van der Waals surface area contributed by atoms with Crippen LogP contribution in [-0.2, 0) is 16.2 Å². The molecule has 1 aliphatic heterocycles. The van der Waals surface area contributed by atoms with Gasteiger partial charge in [-0.15, -0.1) is 0 Å². The van der Waals surface area contributed by atoms with Gasteiger partial charge in [0.1, 0.15) is 6.61 Å². The van der Waals surface area contributed by atoms with E-state index in [1.807, 2.05) is 36.4 Å². The largest absolute Gasteiger partial charge is 0.493 e. The molecule has 0 spiro atoms. The first-order valence-corrected chi connectivity index (χ1v) is 10.7. The number of anilines is 2. The molecule has 1 saturated heterocycles. The van der Waals surface area contributed by atoms with E-state index in [4.69, 9.17) is 9.47 Å². The Balaban J connectivity index is 1.37. The molecule has 0 atom stereocenters. The number of nitrogens with zero attached hydrogens (tertiary/aromatic N) is 2. The topological polar surface area (TPSA) is 80.8 Å². The standard InChI is InChI=1S/C26H25N3O4/c1-32-23-12-9-21(16-24(23)33-18-20-4-2-14-27-17-20)28-25(30)13-8-19-6-10-22(11-7-19)29-15-3-5-26(29)31/h2,4,6-14,16-17H,3,5,15,18H2,1H3,(H,28,30). The number of ether oxygens (including phenoxy) is 2. The molecule has 0 radical (unpaired) electrons. The van der Waals surface area contributed by atoms with E-state index in [9.17, 15) is 9.59 Å². The molecule has 168 valence electrons. The molecule has 0 unspecified atom stereocenters. The second kappa shape index (κ2) is 10.5. The summed E-state index contributed by atoms with van der Waals surface area (Å²) in [6, 6.07) is 16.6. The Morgan fingerprint density at radius 1 is 1.15 bits per heavy atom. The van der Waals surface area contributed by atoms with Gasteiger partial charge in [0.25, 0.3) is 0 Å². The first kappa shape index (κ1) is 22.1. The van der Waals surface area contributed by atoms with Crippen molar-refractivity contribution in [2.24, 2.45) is 0 Å². The molecule has 2 amide bonds. The minimum Gasteiger partial charge on any atom is -0.493 e. The number of hydrogen-bond acceptors (Lipinski definition) is 5. The number of hydrogen-bond donors (Lipinski definition) is 1. The van der Waals surface area contributed by atoms with Gasteiger partial charge in [-0.1, -0.05) is 18.2 Å². The molecule has 0 aliphatic carbocycles. The Labute approximate surface area is 192 Å². The van der Waals surface area contributed by atoms with Crippen LogP contribution in [0.4, 0.5) is 11.4 Å². The maximum Gasteiger partial charge on any atom is 0.248 e. The number of rotatable bonds is 8. The molecule has 2 heterocycles. The van der Waals surface area contributed by atoms with Gasteiger partial charge in [-0.2, -0.15) is 0 Å². The van der Waals surface area contributed by atoms with E-state index in [0.29, 0.717) is 30.2 Å². The molecule has 33 heavy (non-hydrogen) atoms. The summed E-state index contributed by atoms with van der Waals surface area (Å²) in [5.41, 5.74) is 3.28. The molecule has 7 nitrogen and oxygen atoms in total. The summed E-state index contributed by atoms with van der Waals surface area (Å²) in [6.45, 7) is 1.09. The number of pyridine rings is 1. The highest BCUT2D eigenvalue weighted by Crippen LogP contribution is 2.31. The summed E-state index contributed by atoms with van der Waals surface area (Å²) < 4.78 is 11.2. The van der Waals surface area contributed by atoms with Crippen LogP contribution in [0.3, 0.4) is 0 Å². The minimum atomic E-state index is -0.267. The molecule has 1 fully saturated rings.